The van der Waals surface area contributed by atoms with Crippen molar-refractivity contribution < 1.29 is 23.8 Å². The number of carbonyl (C=O) groups excluding carboxylic acids is 2. The van der Waals surface area contributed by atoms with Crippen LogP contribution in [0, 0.1) is 0 Å². The molecule has 4 rings (SSSR count). The minimum absolute atomic E-state index is 0.115. The maximum Gasteiger partial charge on any atom is 0.302 e. The van der Waals surface area contributed by atoms with Gasteiger partial charge in [-0.15, -0.1) is 0 Å². The Balaban J connectivity index is 1.70. The van der Waals surface area contributed by atoms with E-state index in [-0.39, 0.29) is 36.2 Å². The fourth-order valence-corrected chi connectivity index (χ4v) is 5.46. The molecule has 0 N–H and O–H groups in total. The molecule has 0 aromatic heterocycles. The van der Waals surface area contributed by atoms with Crippen molar-refractivity contribution in [1.29, 1.82) is 0 Å². The van der Waals surface area contributed by atoms with E-state index in [4.69, 9.17) is 14.2 Å². The number of hydrogen-bond acceptors (Lipinski definition) is 6. The average molecular weight is 391 g/mol. The number of likely N-dealkylation sites (tertiary alicyclic amines) is 1. The zero-order chi connectivity index (χ0) is 19.0. The van der Waals surface area contributed by atoms with E-state index in [0.29, 0.717) is 12.2 Å². The number of carbonyl (C=O) groups is 2. The average Bonchev–Trinajstić information content (AvgIpc) is 3.33. The lowest BCUT2D eigenvalue weighted by Crippen LogP contribution is -2.50. The van der Waals surface area contributed by atoms with Crippen LogP contribution in [-0.4, -0.2) is 53.8 Å². The number of nitrogens with zero attached hydrogens (tertiary/aromatic N) is 1. The highest BCUT2D eigenvalue weighted by Crippen LogP contribution is 2.54. The number of esters is 1. The summed E-state index contributed by atoms with van der Waals surface area (Å²) in [6.45, 7) is 2.46. The molecular formula is C20H25NO5S. The SMILES string of the molecule is CSCC(=O)N1CCC[C@@]12C[C@@H](OC(C)=O)C[C@H]2c1ccc2c(c1)OCO2. The lowest BCUT2D eigenvalue weighted by atomic mass is 9.79. The van der Waals surface area contributed by atoms with E-state index in [1.54, 1.807) is 11.8 Å². The predicted octanol–water partition coefficient (Wildman–Crippen LogP) is 2.95. The molecule has 6 nitrogen and oxygen atoms in total. The van der Waals surface area contributed by atoms with Crippen LogP contribution >= 0.6 is 11.8 Å². The molecule has 7 heteroatoms. The molecule has 2 fully saturated rings. The molecule has 1 spiro atoms. The molecule has 2 aliphatic heterocycles. The Morgan fingerprint density at radius 1 is 1.33 bits per heavy atom. The fraction of sp³-hybridized carbons (Fsp3) is 0.600. The van der Waals surface area contributed by atoms with Crippen LogP contribution in [-0.2, 0) is 14.3 Å². The van der Waals surface area contributed by atoms with Gasteiger partial charge in [0.2, 0.25) is 12.7 Å². The van der Waals surface area contributed by atoms with Gasteiger partial charge in [-0.3, -0.25) is 9.59 Å². The first-order valence-corrected chi connectivity index (χ1v) is 10.8. The van der Waals surface area contributed by atoms with E-state index in [0.717, 1.165) is 42.9 Å². The minimum atomic E-state index is -0.291. The Kier molecular flexibility index (Phi) is 4.97. The first-order chi connectivity index (χ1) is 13.0. The summed E-state index contributed by atoms with van der Waals surface area (Å²) in [5.74, 6) is 2.01. The van der Waals surface area contributed by atoms with Crippen LogP contribution in [0.15, 0.2) is 18.2 Å². The van der Waals surface area contributed by atoms with Gasteiger partial charge in [-0.05, 0) is 43.2 Å². The third-order valence-electron chi connectivity index (χ3n) is 5.96. The number of thioether (sulfide) groups is 1. The summed E-state index contributed by atoms with van der Waals surface area (Å²) in [6, 6.07) is 6.03. The Bertz CT molecular complexity index is 754. The molecule has 1 aromatic rings. The standard InChI is InChI=1S/C20H25NO5S/c1-13(22)26-15-9-16(14-4-5-17-18(8-14)25-12-24-17)20(10-15)6-3-7-21(20)19(23)11-27-2/h4-5,8,15-16H,3,6-7,9-12H2,1-2H3/t15-,16-,20-/m0/s1. The summed E-state index contributed by atoms with van der Waals surface area (Å²) in [5, 5.41) is 0. The molecule has 2 heterocycles. The van der Waals surface area contributed by atoms with Crippen molar-refractivity contribution in [2.75, 3.05) is 25.3 Å². The van der Waals surface area contributed by atoms with Gasteiger partial charge < -0.3 is 19.1 Å². The van der Waals surface area contributed by atoms with Crippen LogP contribution in [0.2, 0.25) is 0 Å². The predicted molar refractivity (Wildman–Crippen MR) is 102 cm³/mol. The first-order valence-electron chi connectivity index (χ1n) is 9.39. The van der Waals surface area contributed by atoms with Gasteiger partial charge in [0.25, 0.3) is 0 Å². The van der Waals surface area contributed by atoms with Crippen molar-refractivity contribution in [1.82, 2.24) is 4.90 Å². The van der Waals surface area contributed by atoms with Crippen LogP contribution in [0.1, 0.15) is 44.1 Å². The van der Waals surface area contributed by atoms with Gasteiger partial charge in [0, 0.05) is 25.8 Å². The molecule has 3 atom stereocenters. The number of fused-ring (bicyclic) bond motifs is 1. The van der Waals surface area contributed by atoms with E-state index >= 15 is 0 Å². The van der Waals surface area contributed by atoms with Crippen molar-refractivity contribution in [3.05, 3.63) is 23.8 Å². The minimum Gasteiger partial charge on any atom is -0.462 e. The third-order valence-corrected chi connectivity index (χ3v) is 6.49. The molecule has 0 radical (unpaired) electrons. The van der Waals surface area contributed by atoms with Gasteiger partial charge in [0.15, 0.2) is 11.5 Å². The van der Waals surface area contributed by atoms with Gasteiger partial charge >= 0.3 is 5.97 Å². The Morgan fingerprint density at radius 3 is 2.93 bits per heavy atom. The van der Waals surface area contributed by atoms with E-state index < -0.39 is 0 Å². The van der Waals surface area contributed by atoms with Gasteiger partial charge in [-0.2, -0.15) is 11.8 Å². The smallest absolute Gasteiger partial charge is 0.302 e. The van der Waals surface area contributed by atoms with Crippen LogP contribution in [0.3, 0.4) is 0 Å². The quantitative estimate of drug-likeness (QED) is 0.736. The molecule has 1 aromatic carbocycles. The molecular weight excluding hydrogens is 366 g/mol. The summed E-state index contributed by atoms with van der Waals surface area (Å²) in [7, 11) is 0. The summed E-state index contributed by atoms with van der Waals surface area (Å²) in [5.41, 5.74) is 0.832. The van der Waals surface area contributed by atoms with Gasteiger partial charge in [-0.1, -0.05) is 6.07 Å². The van der Waals surface area contributed by atoms with E-state index in [2.05, 4.69) is 11.0 Å². The molecule has 1 saturated carbocycles. The summed E-state index contributed by atoms with van der Waals surface area (Å²) in [4.78, 5) is 26.5. The first kappa shape index (κ1) is 18.5. The van der Waals surface area contributed by atoms with Gasteiger partial charge in [0.05, 0.1) is 11.3 Å². The largest absolute Gasteiger partial charge is 0.462 e. The number of ether oxygens (including phenoxy) is 3. The highest BCUT2D eigenvalue weighted by molar-refractivity contribution is 7.99. The van der Waals surface area contributed by atoms with Crippen molar-refractivity contribution in [2.24, 2.45) is 0 Å². The van der Waals surface area contributed by atoms with Crippen molar-refractivity contribution in [2.45, 2.75) is 50.2 Å². The summed E-state index contributed by atoms with van der Waals surface area (Å²) in [6.07, 6.45) is 5.12. The van der Waals surface area contributed by atoms with Crippen molar-refractivity contribution in [3.8, 4) is 11.5 Å². The molecule has 0 unspecified atom stereocenters. The van der Waals surface area contributed by atoms with Crippen LogP contribution in [0.25, 0.3) is 0 Å². The monoisotopic (exact) mass is 391 g/mol. The second-order valence-corrected chi connectivity index (χ2v) is 8.39. The maximum absolute atomic E-state index is 12.9. The Morgan fingerprint density at radius 2 is 2.15 bits per heavy atom. The zero-order valence-corrected chi connectivity index (χ0v) is 16.5. The van der Waals surface area contributed by atoms with Crippen LogP contribution in [0.4, 0.5) is 0 Å². The maximum atomic E-state index is 12.9. The fourth-order valence-electron chi connectivity index (χ4n) is 5.05. The van der Waals surface area contributed by atoms with Gasteiger partial charge in [0.1, 0.15) is 6.10 Å². The second-order valence-electron chi connectivity index (χ2n) is 7.52. The number of amides is 1. The molecule has 27 heavy (non-hydrogen) atoms. The molecule has 146 valence electrons. The summed E-state index contributed by atoms with van der Waals surface area (Å²) < 4.78 is 16.6. The number of rotatable bonds is 4. The Hall–Kier alpha value is -1.89. The molecule has 0 bridgehead atoms. The molecule has 1 saturated heterocycles. The van der Waals surface area contributed by atoms with Crippen LogP contribution in [0.5, 0.6) is 11.5 Å². The van der Waals surface area contributed by atoms with E-state index in [9.17, 15) is 9.59 Å². The highest BCUT2D eigenvalue weighted by atomic mass is 32.2. The van der Waals surface area contributed by atoms with E-state index in [1.165, 1.54) is 6.92 Å². The zero-order valence-electron chi connectivity index (χ0n) is 15.7. The van der Waals surface area contributed by atoms with Gasteiger partial charge in [-0.25, -0.2) is 0 Å². The lowest BCUT2D eigenvalue weighted by molar-refractivity contribution is -0.146. The van der Waals surface area contributed by atoms with Crippen LogP contribution < -0.4 is 9.47 Å². The summed E-state index contributed by atoms with van der Waals surface area (Å²) >= 11 is 1.55. The normalized spacial score (nSPS) is 28.7. The lowest BCUT2D eigenvalue weighted by Gasteiger charge is -2.40. The van der Waals surface area contributed by atoms with Crippen molar-refractivity contribution >= 4 is 23.6 Å². The molecule has 3 aliphatic rings. The molecule has 1 amide bonds. The second kappa shape index (κ2) is 7.26. The number of hydrogen-bond donors (Lipinski definition) is 0. The third kappa shape index (κ3) is 3.26. The van der Waals surface area contributed by atoms with E-state index in [1.807, 2.05) is 18.4 Å². The van der Waals surface area contributed by atoms with Crippen molar-refractivity contribution in [3.63, 3.8) is 0 Å². The number of benzene rings is 1. The molecule has 1 aliphatic carbocycles. The topological polar surface area (TPSA) is 65.1 Å². The highest BCUT2D eigenvalue weighted by Gasteiger charge is 2.56. The Labute approximate surface area is 163 Å².